The van der Waals surface area contributed by atoms with Crippen LogP contribution < -0.4 is 5.32 Å². The quantitative estimate of drug-likeness (QED) is 0.319. The van der Waals surface area contributed by atoms with Gasteiger partial charge in [0.15, 0.2) is 6.61 Å². The maximum Gasteiger partial charge on any atom is 0.308 e. The van der Waals surface area contributed by atoms with Crippen LogP contribution in [-0.4, -0.2) is 51.4 Å². The molecule has 1 N–H and O–H groups in total. The minimum Gasteiger partial charge on any atom is -0.456 e. The Morgan fingerprint density at radius 2 is 1.77 bits per heavy atom. The molecule has 1 saturated heterocycles. The molecule has 3 aliphatic rings. The molecule has 1 aromatic rings. The van der Waals surface area contributed by atoms with Gasteiger partial charge in [0.05, 0.1) is 18.3 Å². The number of fused-ring (bicyclic) bond motifs is 5. The largest absolute Gasteiger partial charge is 0.456 e. The first-order chi connectivity index (χ1) is 14.7. The maximum absolute atomic E-state index is 12.8. The number of carbonyl (C=O) groups is 4. The third-order valence-corrected chi connectivity index (χ3v) is 10.1. The van der Waals surface area contributed by atoms with E-state index in [-0.39, 0.29) is 58.1 Å². The molecule has 4 rings (SSSR count). The molecule has 0 spiro atoms. The molecule has 31 heavy (non-hydrogen) atoms. The fraction of sp³-hybridized carbons (Fsp3) is 0.524. The summed E-state index contributed by atoms with van der Waals surface area (Å²) in [6.45, 7) is 1.36. The van der Waals surface area contributed by atoms with Crippen LogP contribution in [0.4, 0.5) is 5.69 Å². The first-order valence-electron chi connectivity index (χ1n) is 10.0. The van der Waals surface area contributed by atoms with E-state index in [1.165, 1.54) is 4.90 Å². The van der Waals surface area contributed by atoms with Crippen molar-refractivity contribution in [3.8, 4) is 0 Å². The van der Waals surface area contributed by atoms with Gasteiger partial charge in [-0.3, -0.25) is 24.1 Å². The van der Waals surface area contributed by atoms with E-state index < -0.39 is 18.5 Å². The van der Waals surface area contributed by atoms with E-state index in [4.69, 9.17) is 16.3 Å². The summed E-state index contributed by atoms with van der Waals surface area (Å²) in [4.78, 5) is 51.2. The highest BCUT2D eigenvalue weighted by molar-refractivity contribution is 9.12. The monoisotopic (exact) mass is 574 g/mol. The number of nitrogens with one attached hydrogen (secondary N) is 1. The van der Waals surface area contributed by atoms with Crippen LogP contribution in [0.2, 0.25) is 5.02 Å². The average molecular weight is 577 g/mol. The van der Waals surface area contributed by atoms with Crippen LogP contribution >= 0.6 is 43.5 Å². The fourth-order valence-electron chi connectivity index (χ4n) is 4.92. The molecule has 2 aliphatic carbocycles. The molecule has 1 aliphatic heterocycles. The first-order valence-corrected chi connectivity index (χ1v) is 12.2. The van der Waals surface area contributed by atoms with Gasteiger partial charge in [-0.2, -0.15) is 0 Å². The summed E-state index contributed by atoms with van der Waals surface area (Å²) >= 11 is 13.3. The molecular formula is C21H21Br2ClN2O5. The number of amides is 3. The number of benzene rings is 1. The molecule has 2 saturated carbocycles. The van der Waals surface area contributed by atoms with Crippen molar-refractivity contribution in [1.82, 2.24) is 4.90 Å². The highest BCUT2D eigenvalue weighted by Gasteiger charge is 2.66. The number of anilines is 1. The summed E-state index contributed by atoms with van der Waals surface area (Å²) in [5, 5.41) is 3.12. The zero-order chi connectivity index (χ0) is 22.4. The Labute approximate surface area is 201 Å². The summed E-state index contributed by atoms with van der Waals surface area (Å²) in [7, 11) is 0. The normalized spacial score (nSPS) is 31.2. The molecule has 0 radical (unpaired) electrons. The standard InChI is InChI=1S/C21H21Br2ClN2O5/c1-9-2-3-10(6-13(9)24)25-14(27)8-31-15(28)4-5-26-20(29)16-11-7-12(17(16)21(26)30)19(23)18(11)22/h2-3,6,11-12,16-19H,4-5,7-8H2,1H3,(H,25,27)/t11-,12-,16-,17-,18-,19+/m1/s1. The van der Waals surface area contributed by atoms with Crippen molar-refractivity contribution in [3.63, 3.8) is 0 Å². The van der Waals surface area contributed by atoms with E-state index in [9.17, 15) is 19.2 Å². The summed E-state index contributed by atoms with van der Waals surface area (Å²) in [6, 6.07) is 5.08. The van der Waals surface area contributed by atoms with Crippen LogP contribution in [-0.2, 0) is 23.9 Å². The van der Waals surface area contributed by atoms with Crippen LogP contribution in [0.5, 0.6) is 0 Å². The summed E-state index contributed by atoms with van der Waals surface area (Å²) in [6.07, 6.45) is 0.710. The van der Waals surface area contributed by atoms with Gasteiger partial charge in [-0.1, -0.05) is 49.5 Å². The number of carbonyl (C=O) groups excluding carboxylic acids is 4. The van der Waals surface area contributed by atoms with E-state index >= 15 is 0 Å². The zero-order valence-electron chi connectivity index (χ0n) is 16.6. The minimum absolute atomic E-state index is 0.0297. The van der Waals surface area contributed by atoms with Crippen molar-refractivity contribution in [1.29, 1.82) is 0 Å². The Morgan fingerprint density at radius 1 is 1.16 bits per heavy atom. The lowest BCUT2D eigenvalue weighted by Crippen LogP contribution is -2.37. The van der Waals surface area contributed by atoms with Crippen molar-refractivity contribution in [2.24, 2.45) is 23.7 Å². The Kier molecular flexibility index (Phi) is 6.47. The minimum atomic E-state index is -0.644. The van der Waals surface area contributed by atoms with Crippen molar-refractivity contribution < 1.29 is 23.9 Å². The third kappa shape index (κ3) is 4.16. The molecule has 0 unspecified atom stereocenters. The second kappa shape index (κ2) is 8.83. The summed E-state index contributed by atoms with van der Waals surface area (Å²) < 4.78 is 4.99. The number of nitrogens with zero attached hydrogens (tertiary/aromatic N) is 1. The van der Waals surface area contributed by atoms with Crippen molar-refractivity contribution in [2.75, 3.05) is 18.5 Å². The summed E-state index contributed by atoms with van der Waals surface area (Å²) in [5.41, 5.74) is 1.38. The molecule has 1 heterocycles. The van der Waals surface area contributed by atoms with E-state index in [0.717, 1.165) is 12.0 Å². The average Bonchev–Trinajstić information content (AvgIpc) is 3.33. The number of hydrogen-bond acceptors (Lipinski definition) is 5. The number of likely N-dealkylation sites (tertiary alicyclic amines) is 1. The fourth-order valence-corrected chi connectivity index (χ4v) is 6.97. The van der Waals surface area contributed by atoms with E-state index in [2.05, 4.69) is 37.2 Å². The van der Waals surface area contributed by atoms with Gasteiger partial charge >= 0.3 is 5.97 Å². The Bertz CT molecular complexity index is 926. The maximum atomic E-state index is 12.8. The van der Waals surface area contributed by atoms with Crippen molar-refractivity contribution in [2.45, 2.75) is 29.4 Å². The molecule has 10 heteroatoms. The smallest absolute Gasteiger partial charge is 0.308 e. The number of ether oxygens (including phenoxy) is 1. The van der Waals surface area contributed by atoms with Crippen molar-refractivity contribution >= 4 is 72.8 Å². The van der Waals surface area contributed by atoms with E-state index in [0.29, 0.717) is 10.7 Å². The van der Waals surface area contributed by atoms with Crippen LogP contribution in [0.1, 0.15) is 18.4 Å². The number of aryl methyl sites for hydroxylation is 1. The van der Waals surface area contributed by atoms with Crippen molar-refractivity contribution in [3.05, 3.63) is 28.8 Å². The number of esters is 1. The van der Waals surface area contributed by atoms with Gasteiger partial charge in [0.25, 0.3) is 5.91 Å². The third-order valence-electron chi connectivity index (χ3n) is 6.44. The second-order valence-electron chi connectivity index (χ2n) is 8.25. The highest BCUT2D eigenvalue weighted by atomic mass is 79.9. The Balaban J connectivity index is 1.26. The highest BCUT2D eigenvalue weighted by Crippen LogP contribution is 2.60. The molecule has 166 valence electrons. The van der Waals surface area contributed by atoms with Gasteiger partial charge in [-0.15, -0.1) is 0 Å². The molecule has 3 amide bonds. The second-order valence-corrected chi connectivity index (χ2v) is 10.8. The molecule has 0 aromatic heterocycles. The van der Waals surface area contributed by atoms with Crippen LogP contribution in [0, 0.1) is 30.6 Å². The topological polar surface area (TPSA) is 92.8 Å². The number of rotatable bonds is 6. The lowest BCUT2D eigenvalue weighted by Gasteiger charge is -2.28. The van der Waals surface area contributed by atoms with Gasteiger partial charge in [0.2, 0.25) is 11.8 Å². The molecule has 7 nitrogen and oxygen atoms in total. The SMILES string of the molecule is Cc1ccc(NC(=O)COC(=O)CCN2C(=O)[C@@H]3[C@H]4C[C@@H]([C@@H](Br)[C@H]4Br)[C@H]3C2=O)cc1Cl. The van der Waals surface area contributed by atoms with Gasteiger partial charge in [0, 0.05) is 26.9 Å². The molecule has 3 fully saturated rings. The lowest BCUT2D eigenvalue weighted by molar-refractivity contribution is -0.149. The number of alkyl halides is 2. The molecular weight excluding hydrogens is 556 g/mol. The molecule has 2 bridgehead atoms. The zero-order valence-corrected chi connectivity index (χ0v) is 20.6. The summed E-state index contributed by atoms with van der Waals surface area (Å²) in [5.74, 6) is -1.90. The number of hydrogen-bond donors (Lipinski definition) is 1. The van der Waals surface area contributed by atoms with Gasteiger partial charge in [-0.05, 0) is 42.9 Å². The molecule has 6 atom stereocenters. The van der Waals surface area contributed by atoms with Gasteiger partial charge in [0.1, 0.15) is 0 Å². The number of halogens is 3. The van der Waals surface area contributed by atoms with E-state index in [1.807, 2.05) is 6.92 Å². The Hall–Kier alpha value is -1.45. The lowest BCUT2D eigenvalue weighted by atomic mass is 9.81. The van der Waals surface area contributed by atoms with Gasteiger partial charge in [-0.25, -0.2) is 0 Å². The predicted octanol–water partition coefficient (Wildman–Crippen LogP) is 3.30. The first kappa shape index (κ1) is 22.7. The van der Waals surface area contributed by atoms with Gasteiger partial charge < -0.3 is 10.1 Å². The Morgan fingerprint density at radius 3 is 2.35 bits per heavy atom. The number of imide groups is 1. The van der Waals surface area contributed by atoms with E-state index in [1.54, 1.807) is 18.2 Å². The predicted molar refractivity (Wildman–Crippen MR) is 121 cm³/mol. The van der Waals surface area contributed by atoms with Crippen LogP contribution in [0.25, 0.3) is 0 Å². The van der Waals surface area contributed by atoms with Crippen LogP contribution in [0.15, 0.2) is 18.2 Å². The van der Waals surface area contributed by atoms with Crippen LogP contribution in [0.3, 0.4) is 0 Å². The molecule has 1 aromatic carbocycles.